The van der Waals surface area contributed by atoms with E-state index >= 15 is 0 Å². The van der Waals surface area contributed by atoms with Crippen LogP contribution in [0.5, 0.6) is 0 Å². The number of benzene rings is 2. The van der Waals surface area contributed by atoms with Crippen molar-refractivity contribution in [2.45, 2.75) is 13.0 Å². The molecule has 1 aromatic heterocycles. The average molecular weight is 335 g/mol. The molecule has 1 N–H and O–H groups in total. The van der Waals surface area contributed by atoms with E-state index in [9.17, 15) is 9.59 Å². The van der Waals surface area contributed by atoms with Gasteiger partial charge >= 0.3 is 5.69 Å². The first-order valence-electron chi connectivity index (χ1n) is 6.72. The topological polar surface area (TPSA) is 54.9 Å². The number of hydrogen-bond donors (Lipinski definition) is 1. The van der Waals surface area contributed by atoms with Gasteiger partial charge in [0.15, 0.2) is 0 Å². The molecule has 112 valence electrons. The minimum absolute atomic E-state index is 0.234. The third-order valence-electron chi connectivity index (χ3n) is 3.47. The maximum absolute atomic E-state index is 12.5. The molecule has 0 atom stereocenters. The molecule has 4 nitrogen and oxygen atoms in total. The zero-order valence-electron chi connectivity index (χ0n) is 11.5. The van der Waals surface area contributed by atoms with Crippen LogP contribution in [0.4, 0.5) is 0 Å². The van der Waals surface area contributed by atoms with Gasteiger partial charge in [-0.3, -0.25) is 9.36 Å². The molecule has 0 spiro atoms. The number of halogens is 2. The van der Waals surface area contributed by atoms with Gasteiger partial charge in [-0.15, -0.1) is 0 Å². The van der Waals surface area contributed by atoms with Crippen LogP contribution in [0.2, 0.25) is 10.0 Å². The van der Waals surface area contributed by atoms with Crippen LogP contribution in [-0.4, -0.2) is 9.55 Å². The summed E-state index contributed by atoms with van der Waals surface area (Å²) < 4.78 is 1.16. The van der Waals surface area contributed by atoms with Crippen LogP contribution in [0.25, 0.3) is 10.9 Å². The molecule has 0 saturated carbocycles. The van der Waals surface area contributed by atoms with E-state index in [4.69, 9.17) is 23.2 Å². The highest BCUT2D eigenvalue weighted by atomic mass is 35.5. The van der Waals surface area contributed by atoms with E-state index in [-0.39, 0.29) is 17.0 Å². The van der Waals surface area contributed by atoms with Gasteiger partial charge in [-0.05, 0) is 24.1 Å². The summed E-state index contributed by atoms with van der Waals surface area (Å²) in [5, 5.41) is 0.880. The molecule has 0 saturated heterocycles. The molecule has 1 heterocycles. The molecule has 2 aromatic carbocycles. The van der Waals surface area contributed by atoms with Crippen molar-refractivity contribution in [1.82, 2.24) is 9.55 Å². The molecule has 3 rings (SSSR count). The van der Waals surface area contributed by atoms with Gasteiger partial charge < -0.3 is 4.98 Å². The summed E-state index contributed by atoms with van der Waals surface area (Å²) in [5.41, 5.74) is 0.530. The van der Waals surface area contributed by atoms with Crippen molar-refractivity contribution in [1.29, 1.82) is 0 Å². The maximum atomic E-state index is 12.5. The Morgan fingerprint density at radius 2 is 1.77 bits per heavy atom. The van der Waals surface area contributed by atoms with Crippen LogP contribution in [0, 0.1) is 0 Å². The fraction of sp³-hybridized carbons (Fsp3) is 0.125. The van der Waals surface area contributed by atoms with E-state index in [0.717, 1.165) is 10.1 Å². The Bertz CT molecular complexity index is 946. The summed E-state index contributed by atoms with van der Waals surface area (Å²) in [6.07, 6.45) is 0.584. The molecule has 3 aromatic rings. The molecule has 0 aliphatic rings. The molecule has 0 aliphatic carbocycles. The summed E-state index contributed by atoms with van der Waals surface area (Å²) in [7, 11) is 0. The van der Waals surface area contributed by atoms with Crippen molar-refractivity contribution in [2.24, 2.45) is 0 Å². The molecular formula is C16H12Cl2N2O2. The van der Waals surface area contributed by atoms with Gasteiger partial charge in [0.1, 0.15) is 0 Å². The standard InChI is InChI=1S/C16H12Cl2N2O2/c17-11-8-12(18)14-13(9-11)19-16(22)20(15(14)21)7-6-10-4-2-1-3-5-10/h1-5,8-9H,6-7H2,(H,19,22). The SMILES string of the molecule is O=c1[nH]c2cc(Cl)cc(Cl)c2c(=O)n1CCc1ccccc1. The van der Waals surface area contributed by atoms with Crippen molar-refractivity contribution in [3.05, 3.63) is 78.9 Å². The Morgan fingerprint density at radius 1 is 1.05 bits per heavy atom. The van der Waals surface area contributed by atoms with E-state index in [2.05, 4.69) is 4.98 Å². The average Bonchev–Trinajstić information content (AvgIpc) is 2.47. The first-order chi connectivity index (χ1) is 10.6. The van der Waals surface area contributed by atoms with Crippen molar-refractivity contribution in [3.8, 4) is 0 Å². The largest absolute Gasteiger partial charge is 0.328 e. The summed E-state index contributed by atoms with van der Waals surface area (Å²) in [5.74, 6) is 0. The number of aryl methyl sites for hydroxylation is 1. The maximum Gasteiger partial charge on any atom is 0.328 e. The second-order valence-corrected chi connectivity index (χ2v) is 5.78. The Morgan fingerprint density at radius 3 is 2.50 bits per heavy atom. The third kappa shape index (κ3) is 2.80. The molecule has 0 unspecified atom stereocenters. The normalized spacial score (nSPS) is 11.0. The van der Waals surface area contributed by atoms with Gasteiger partial charge in [-0.1, -0.05) is 53.5 Å². The van der Waals surface area contributed by atoms with Crippen molar-refractivity contribution in [2.75, 3.05) is 0 Å². The van der Waals surface area contributed by atoms with Crippen LogP contribution >= 0.6 is 23.2 Å². The number of fused-ring (bicyclic) bond motifs is 1. The van der Waals surface area contributed by atoms with E-state index in [1.165, 1.54) is 12.1 Å². The zero-order chi connectivity index (χ0) is 15.7. The van der Waals surface area contributed by atoms with Gasteiger partial charge in [0.2, 0.25) is 0 Å². The number of hydrogen-bond acceptors (Lipinski definition) is 2. The fourth-order valence-electron chi connectivity index (χ4n) is 2.39. The molecule has 0 aliphatic heterocycles. The first-order valence-corrected chi connectivity index (χ1v) is 7.47. The lowest BCUT2D eigenvalue weighted by molar-refractivity contribution is 0.636. The lowest BCUT2D eigenvalue weighted by atomic mass is 10.1. The first kappa shape index (κ1) is 14.9. The highest BCUT2D eigenvalue weighted by Crippen LogP contribution is 2.23. The van der Waals surface area contributed by atoms with E-state index in [1.807, 2.05) is 30.3 Å². The fourth-order valence-corrected chi connectivity index (χ4v) is 2.96. The lowest BCUT2D eigenvalue weighted by Gasteiger charge is -2.08. The lowest BCUT2D eigenvalue weighted by Crippen LogP contribution is -2.35. The Kier molecular flexibility index (Phi) is 4.05. The van der Waals surface area contributed by atoms with Crippen LogP contribution in [0.3, 0.4) is 0 Å². The molecule has 6 heteroatoms. The number of aromatic amines is 1. The predicted molar refractivity (Wildman–Crippen MR) is 89.0 cm³/mol. The molecule has 0 amide bonds. The van der Waals surface area contributed by atoms with Crippen molar-refractivity contribution in [3.63, 3.8) is 0 Å². The van der Waals surface area contributed by atoms with Gasteiger partial charge in [-0.2, -0.15) is 0 Å². The van der Waals surface area contributed by atoms with Gasteiger partial charge in [0.25, 0.3) is 5.56 Å². The van der Waals surface area contributed by atoms with E-state index in [1.54, 1.807) is 0 Å². The number of rotatable bonds is 3. The van der Waals surface area contributed by atoms with Crippen LogP contribution in [-0.2, 0) is 13.0 Å². The van der Waals surface area contributed by atoms with Crippen molar-refractivity contribution >= 4 is 34.1 Å². The predicted octanol–water partition coefficient (Wildman–Crippen LogP) is 3.24. The Hall–Kier alpha value is -2.04. The number of H-pyrrole nitrogens is 1. The quantitative estimate of drug-likeness (QED) is 0.799. The summed E-state index contributed by atoms with van der Waals surface area (Å²) in [4.78, 5) is 27.3. The van der Waals surface area contributed by atoms with Crippen LogP contribution < -0.4 is 11.2 Å². The number of nitrogens with zero attached hydrogens (tertiary/aromatic N) is 1. The molecular weight excluding hydrogens is 323 g/mol. The zero-order valence-corrected chi connectivity index (χ0v) is 13.0. The van der Waals surface area contributed by atoms with Crippen molar-refractivity contribution < 1.29 is 0 Å². The monoisotopic (exact) mass is 334 g/mol. The smallest absolute Gasteiger partial charge is 0.307 e. The Labute approximate surface area is 135 Å². The summed E-state index contributed by atoms with van der Waals surface area (Å²) in [6, 6.07) is 12.7. The van der Waals surface area contributed by atoms with E-state index < -0.39 is 11.2 Å². The second kappa shape index (κ2) is 5.99. The number of aromatic nitrogens is 2. The third-order valence-corrected chi connectivity index (χ3v) is 3.98. The number of nitrogens with one attached hydrogen (secondary N) is 1. The highest BCUT2D eigenvalue weighted by Gasteiger charge is 2.11. The minimum atomic E-state index is -0.466. The van der Waals surface area contributed by atoms with Crippen LogP contribution in [0.1, 0.15) is 5.56 Å². The van der Waals surface area contributed by atoms with Gasteiger partial charge in [0, 0.05) is 11.6 Å². The molecule has 0 bridgehead atoms. The summed E-state index contributed by atoms with van der Waals surface area (Å²) >= 11 is 12.0. The summed E-state index contributed by atoms with van der Waals surface area (Å²) in [6.45, 7) is 0.285. The van der Waals surface area contributed by atoms with Crippen LogP contribution in [0.15, 0.2) is 52.1 Å². The highest BCUT2D eigenvalue weighted by molar-refractivity contribution is 6.38. The van der Waals surface area contributed by atoms with Gasteiger partial charge in [-0.25, -0.2) is 4.79 Å². The van der Waals surface area contributed by atoms with Gasteiger partial charge in [0.05, 0.1) is 15.9 Å². The Balaban J connectivity index is 2.07. The van der Waals surface area contributed by atoms with E-state index in [0.29, 0.717) is 17.0 Å². The second-order valence-electron chi connectivity index (χ2n) is 4.93. The molecule has 22 heavy (non-hydrogen) atoms. The molecule has 0 radical (unpaired) electrons. The molecule has 0 fully saturated rings. The minimum Gasteiger partial charge on any atom is -0.307 e.